The highest BCUT2D eigenvalue weighted by Crippen LogP contribution is 2.19. The van der Waals surface area contributed by atoms with Crippen molar-refractivity contribution in [2.45, 2.75) is 46.3 Å². The molecule has 0 aliphatic carbocycles. The number of anilines is 1. The maximum atomic E-state index is 11.9. The van der Waals surface area contributed by atoms with Gasteiger partial charge in [-0.3, -0.25) is 5.32 Å². The predicted octanol–water partition coefficient (Wildman–Crippen LogP) is 5.49. The summed E-state index contributed by atoms with van der Waals surface area (Å²) in [6.45, 7) is 6.72. The van der Waals surface area contributed by atoms with Gasteiger partial charge in [0.25, 0.3) is 0 Å². The molecule has 1 unspecified atom stereocenters. The van der Waals surface area contributed by atoms with Crippen LogP contribution in [0.2, 0.25) is 0 Å². The van der Waals surface area contributed by atoms with Crippen molar-refractivity contribution in [2.75, 3.05) is 5.01 Å². The van der Waals surface area contributed by atoms with Crippen LogP contribution >= 0.6 is 0 Å². The first-order chi connectivity index (χ1) is 13.5. The highest BCUT2D eigenvalue weighted by Gasteiger charge is 2.26. The lowest BCUT2D eigenvalue weighted by molar-refractivity contribution is -0.499. The molecule has 0 aliphatic heterocycles. The Kier molecular flexibility index (Phi) is 8.43. The number of allylic oxidation sites excluding steroid dienone is 3. The molecule has 2 rings (SSSR count). The van der Waals surface area contributed by atoms with Crippen LogP contribution in [0.5, 0.6) is 0 Å². The lowest BCUT2D eigenvalue weighted by Crippen LogP contribution is -2.47. The fourth-order valence-corrected chi connectivity index (χ4v) is 2.91. The van der Waals surface area contributed by atoms with E-state index in [1.807, 2.05) is 61.5 Å². The van der Waals surface area contributed by atoms with Crippen molar-refractivity contribution in [3.05, 3.63) is 99.6 Å². The number of hydrazine groups is 1. The summed E-state index contributed by atoms with van der Waals surface area (Å²) in [7, 11) is 0. The van der Waals surface area contributed by atoms with Crippen molar-refractivity contribution in [3.8, 4) is 0 Å². The Bertz CT molecular complexity index is 797. The first-order valence-electron chi connectivity index (χ1n) is 9.54. The van der Waals surface area contributed by atoms with Crippen molar-refractivity contribution in [2.24, 2.45) is 0 Å². The van der Waals surface area contributed by atoms with E-state index in [1.54, 1.807) is 12.1 Å². The number of hydrogen-bond donors (Lipinski definition) is 1. The van der Waals surface area contributed by atoms with Gasteiger partial charge in [0.2, 0.25) is 0 Å². The van der Waals surface area contributed by atoms with Crippen LogP contribution in [0.4, 0.5) is 5.69 Å². The second-order valence-corrected chi connectivity index (χ2v) is 7.06. The molecule has 2 aromatic rings. The fourth-order valence-electron chi connectivity index (χ4n) is 2.91. The summed E-state index contributed by atoms with van der Waals surface area (Å²) in [5.41, 5.74) is 4.03. The van der Waals surface area contributed by atoms with Crippen LogP contribution in [0.25, 0.3) is 0 Å². The van der Waals surface area contributed by atoms with E-state index < -0.39 is 6.17 Å². The number of nitrogens with zero attached hydrogens (tertiary/aromatic N) is 2. The number of para-hydroxylation sites is 1. The molecule has 28 heavy (non-hydrogen) atoms. The molecule has 1 N–H and O–H groups in total. The topological polar surface area (TPSA) is 58.4 Å². The van der Waals surface area contributed by atoms with Gasteiger partial charge in [-0.05, 0) is 57.4 Å². The number of hydrogen-bond acceptors (Lipinski definition) is 3. The molecule has 0 radical (unpaired) electrons. The summed E-state index contributed by atoms with van der Waals surface area (Å²) in [5.74, 6) is 0. The average molecular weight is 380 g/mol. The van der Waals surface area contributed by atoms with Gasteiger partial charge in [0.05, 0.1) is 0 Å². The third-order valence-corrected chi connectivity index (χ3v) is 4.35. The van der Waals surface area contributed by atoms with E-state index in [2.05, 4.69) is 25.2 Å². The predicted molar refractivity (Wildman–Crippen MR) is 115 cm³/mol. The fraction of sp³-hybridized carbons (Fsp3) is 0.304. The van der Waals surface area contributed by atoms with Gasteiger partial charge in [-0.1, -0.05) is 70.8 Å². The zero-order valence-electron chi connectivity index (χ0n) is 16.8. The number of nitro groups is 1. The smallest absolute Gasteiger partial charge is 0.167 e. The maximum Gasteiger partial charge on any atom is 0.167 e. The molecular weight excluding hydrogens is 350 g/mol. The second kappa shape index (κ2) is 11.0. The standard InChI is InChI=1S/C23H29N3O2/c1-19(2)11-10-12-20(3)17-23(24-18-21-13-6-4-7-14-21)25(26(27)28)22-15-8-5-9-16-22/h4-9,11,13-17,23-24H,10,12,18H2,1-3H3. The van der Waals surface area contributed by atoms with Gasteiger partial charge in [-0.25, -0.2) is 10.1 Å². The van der Waals surface area contributed by atoms with Crippen LogP contribution in [0.15, 0.2) is 84.0 Å². The summed E-state index contributed by atoms with van der Waals surface area (Å²) < 4.78 is 0. The normalized spacial score (nSPS) is 12.3. The quantitative estimate of drug-likeness (QED) is 0.256. The zero-order valence-corrected chi connectivity index (χ0v) is 16.8. The molecule has 5 heteroatoms. The van der Waals surface area contributed by atoms with Crippen LogP contribution in [-0.2, 0) is 6.54 Å². The van der Waals surface area contributed by atoms with Gasteiger partial charge in [-0.15, -0.1) is 0 Å². The van der Waals surface area contributed by atoms with Gasteiger partial charge in [0.15, 0.2) is 11.2 Å². The summed E-state index contributed by atoms with van der Waals surface area (Å²) in [4.78, 5) is 11.9. The third-order valence-electron chi connectivity index (χ3n) is 4.35. The van der Waals surface area contributed by atoms with E-state index in [0.29, 0.717) is 12.2 Å². The highest BCUT2D eigenvalue weighted by atomic mass is 16.7. The van der Waals surface area contributed by atoms with Crippen LogP contribution in [0, 0.1) is 10.1 Å². The molecule has 0 heterocycles. The van der Waals surface area contributed by atoms with E-state index in [1.165, 1.54) is 10.6 Å². The van der Waals surface area contributed by atoms with Gasteiger partial charge < -0.3 is 0 Å². The van der Waals surface area contributed by atoms with E-state index in [-0.39, 0.29) is 5.03 Å². The minimum absolute atomic E-state index is 0.349. The molecule has 0 aromatic heterocycles. The van der Waals surface area contributed by atoms with Crippen LogP contribution in [0.3, 0.4) is 0 Å². The number of rotatable bonds is 10. The second-order valence-electron chi connectivity index (χ2n) is 7.06. The van der Waals surface area contributed by atoms with Crippen molar-refractivity contribution in [1.82, 2.24) is 5.32 Å². The first kappa shape index (κ1) is 21.4. The largest absolute Gasteiger partial charge is 0.285 e. The van der Waals surface area contributed by atoms with Gasteiger partial charge in [0, 0.05) is 6.54 Å². The number of nitrogens with one attached hydrogen (secondary N) is 1. The molecule has 0 aliphatic rings. The molecule has 0 spiro atoms. The summed E-state index contributed by atoms with van der Waals surface area (Å²) in [5, 5.41) is 16.1. The van der Waals surface area contributed by atoms with Gasteiger partial charge >= 0.3 is 0 Å². The molecule has 0 saturated heterocycles. The van der Waals surface area contributed by atoms with Gasteiger partial charge in [-0.2, -0.15) is 0 Å². The highest BCUT2D eigenvalue weighted by molar-refractivity contribution is 5.45. The zero-order chi connectivity index (χ0) is 20.4. The van der Waals surface area contributed by atoms with E-state index in [4.69, 9.17) is 0 Å². The molecule has 0 bridgehead atoms. The van der Waals surface area contributed by atoms with Gasteiger partial charge in [0.1, 0.15) is 5.69 Å². The van der Waals surface area contributed by atoms with Crippen molar-refractivity contribution < 1.29 is 5.03 Å². The molecule has 2 aromatic carbocycles. The Morgan fingerprint density at radius 1 is 1.07 bits per heavy atom. The Hall–Kier alpha value is -2.92. The van der Waals surface area contributed by atoms with Crippen LogP contribution in [0.1, 0.15) is 39.2 Å². The van der Waals surface area contributed by atoms with Crippen molar-refractivity contribution in [3.63, 3.8) is 0 Å². The first-order valence-corrected chi connectivity index (χ1v) is 9.54. The van der Waals surface area contributed by atoms with Crippen molar-refractivity contribution >= 4 is 5.69 Å². The molecule has 148 valence electrons. The Morgan fingerprint density at radius 2 is 1.68 bits per heavy atom. The molecule has 1 atom stereocenters. The summed E-state index contributed by atoms with van der Waals surface area (Å²) in [6.07, 6.45) is 5.39. The third kappa shape index (κ3) is 7.00. The SMILES string of the molecule is CC(C)=CCCC(C)=CC(NCc1ccccc1)N(c1ccccc1)[N+](=O)[O-]. The lowest BCUT2D eigenvalue weighted by Gasteiger charge is -2.24. The molecule has 0 fully saturated rings. The van der Waals surface area contributed by atoms with E-state index in [0.717, 1.165) is 24.0 Å². The summed E-state index contributed by atoms with van der Waals surface area (Å²) >= 11 is 0. The van der Waals surface area contributed by atoms with Crippen LogP contribution < -0.4 is 10.3 Å². The Morgan fingerprint density at radius 3 is 2.25 bits per heavy atom. The lowest BCUT2D eigenvalue weighted by atomic mass is 10.1. The Labute approximate surface area is 167 Å². The molecule has 0 saturated carbocycles. The average Bonchev–Trinajstić information content (AvgIpc) is 2.67. The monoisotopic (exact) mass is 379 g/mol. The minimum atomic E-state index is -0.552. The maximum absolute atomic E-state index is 11.9. The summed E-state index contributed by atoms with van der Waals surface area (Å²) in [6, 6.07) is 18.9. The molecule has 0 amide bonds. The molecule has 5 nitrogen and oxygen atoms in total. The van der Waals surface area contributed by atoms with Crippen LogP contribution in [-0.4, -0.2) is 11.2 Å². The number of benzene rings is 2. The minimum Gasteiger partial charge on any atom is -0.285 e. The molecular formula is C23H29N3O2. The van der Waals surface area contributed by atoms with Crippen molar-refractivity contribution in [1.29, 1.82) is 0 Å². The Balaban J connectivity index is 2.25. The van der Waals surface area contributed by atoms with E-state index >= 15 is 0 Å². The van der Waals surface area contributed by atoms with E-state index in [9.17, 15) is 10.1 Å².